The second-order valence-electron chi connectivity index (χ2n) is 3.43. The van der Waals surface area contributed by atoms with Gasteiger partial charge < -0.3 is 16.4 Å². The van der Waals surface area contributed by atoms with Crippen LogP contribution in [0.1, 0.15) is 23.8 Å². The molecule has 0 saturated heterocycles. The number of carbonyl (C=O) groups excluding carboxylic acids is 2. The fourth-order valence-corrected chi connectivity index (χ4v) is 1.23. The monoisotopic (exact) mass is 236 g/mol. The summed E-state index contributed by atoms with van der Waals surface area (Å²) in [5.74, 6) is -0.755. The molecule has 0 aliphatic heterocycles. The van der Waals surface area contributed by atoms with Crippen LogP contribution in [0.25, 0.3) is 0 Å². The van der Waals surface area contributed by atoms with E-state index < -0.39 is 5.91 Å². The average Bonchev–Trinajstić information content (AvgIpc) is 2.30. The molecule has 4 N–H and O–H groups in total. The minimum atomic E-state index is -0.444. The van der Waals surface area contributed by atoms with Gasteiger partial charge >= 0.3 is 0 Å². The smallest absolute Gasteiger partial charge is 0.269 e. The number of aromatic nitrogens is 1. The number of rotatable bonds is 6. The minimum Gasteiger partial charge on any atom is -0.384 e. The summed E-state index contributed by atoms with van der Waals surface area (Å²) in [6.07, 6.45) is 1.72. The molecule has 1 rings (SSSR count). The first-order chi connectivity index (χ1) is 8.13. The highest BCUT2D eigenvalue weighted by Gasteiger charge is 2.06. The number of pyridine rings is 1. The normalized spacial score (nSPS) is 9.71. The van der Waals surface area contributed by atoms with Crippen LogP contribution >= 0.6 is 0 Å². The van der Waals surface area contributed by atoms with Crippen molar-refractivity contribution in [1.29, 1.82) is 0 Å². The van der Waals surface area contributed by atoms with Crippen molar-refractivity contribution in [2.45, 2.75) is 13.3 Å². The highest BCUT2D eigenvalue weighted by Crippen LogP contribution is 2.05. The first kappa shape index (κ1) is 13.0. The molecule has 92 valence electrons. The molecule has 0 aliphatic rings. The zero-order valence-corrected chi connectivity index (χ0v) is 9.69. The van der Waals surface area contributed by atoms with Gasteiger partial charge in [0.25, 0.3) is 5.91 Å². The largest absolute Gasteiger partial charge is 0.384 e. The van der Waals surface area contributed by atoms with Crippen LogP contribution in [0.4, 0.5) is 5.69 Å². The second-order valence-corrected chi connectivity index (χ2v) is 3.43. The molecule has 0 saturated carbocycles. The van der Waals surface area contributed by atoms with Crippen LogP contribution in [-0.2, 0) is 4.79 Å². The molecular weight excluding hydrogens is 220 g/mol. The second kappa shape index (κ2) is 6.47. The van der Waals surface area contributed by atoms with Gasteiger partial charge in [-0.3, -0.25) is 9.59 Å². The van der Waals surface area contributed by atoms with Gasteiger partial charge in [-0.15, -0.1) is 0 Å². The van der Waals surface area contributed by atoms with Crippen molar-refractivity contribution < 1.29 is 9.59 Å². The fourth-order valence-electron chi connectivity index (χ4n) is 1.23. The summed E-state index contributed by atoms with van der Waals surface area (Å²) in [6, 6.07) is 3.40. The number of amides is 2. The highest BCUT2D eigenvalue weighted by atomic mass is 16.2. The highest BCUT2D eigenvalue weighted by molar-refractivity contribution is 5.92. The average molecular weight is 236 g/mol. The zero-order chi connectivity index (χ0) is 12.7. The van der Waals surface area contributed by atoms with Crippen LogP contribution in [-0.4, -0.2) is 29.9 Å². The summed E-state index contributed by atoms with van der Waals surface area (Å²) in [7, 11) is 0. The molecule has 0 spiro atoms. The number of hydrogen-bond donors (Lipinski definition) is 3. The number of nitrogens with zero attached hydrogens (tertiary/aromatic N) is 1. The van der Waals surface area contributed by atoms with E-state index >= 15 is 0 Å². The third-order valence-electron chi connectivity index (χ3n) is 2.03. The van der Waals surface area contributed by atoms with E-state index in [0.717, 1.165) is 12.2 Å². The van der Waals surface area contributed by atoms with Crippen LogP contribution in [0.2, 0.25) is 0 Å². The maximum absolute atomic E-state index is 11.5. The van der Waals surface area contributed by atoms with E-state index in [0.29, 0.717) is 5.69 Å². The molecule has 6 heteroatoms. The maximum Gasteiger partial charge on any atom is 0.269 e. The summed E-state index contributed by atoms with van der Waals surface area (Å²) < 4.78 is 0. The third kappa shape index (κ3) is 4.50. The summed E-state index contributed by atoms with van der Waals surface area (Å²) in [6.45, 7) is 3.00. The van der Waals surface area contributed by atoms with Crippen LogP contribution in [0.3, 0.4) is 0 Å². The topological polar surface area (TPSA) is 97.1 Å². The summed E-state index contributed by atoms with van der Waals surface area (Å²) in [4.78, 5) is 26.0. The Kier molecular flexibility index (Phi) is 4.93. The van der Waals surface area contributed by atoms with E-state index in [1.54, 1.807) is 18.3 Å². The van der Waals surface area contributed by atoms with Crippen molar-refractivity contribution in [3.05, 3.63) is 24.0 Å². The van der Waals surface area contributed by atoms with E-state index in [1.807, 2.05) is 6.92 Å². The van der Waals surface area contributed by atoms with Gasteiger partial charge in [0.1, 0.15) is 5.69 Å². The number of primary amides is 1. The van der Waals surface area contributed by atoms with Crippen LogP contribution in [0.15, 0.2) is 18.3 Å². The third-order valence-corrected chi connectivity index (χ3v) is 2.03. The van der Waals surface area contributed by atoms with Gasteiger partial charge in [-0.25, -0.2) is 4.98 Å². The van der Waals surface area contributed by atoms with Crippen molar-refractivity contribution in [3.63, 3.8) is 0 Å². The fraction of sp³-hybridized carbons (Fsp3) is 0.364. The van der Waals surface area contributed by atoms with Crippen molar-refractivity contribution in [1.82, 2.24) is 10.3 Å². The number of carbonyl (C=O) groups is 2. The van der Waals surface area contributed by atoms with Crippen LogP contribution in [0, 0.1) is 0 Å². The summed E-state index contributed by atoms with van der Waals surface area (Å²) >= 11 is 0. The molecule has 1 aromatic heterocycles. The molecule has 1 heterocycles. The summed E-state index contributed by atoms with van der Waals surface area (Å²) in [5.41, 5.74) is 6.13. The van der Waals surface area contributed by atoms with E-state index in [9.17, 15) is 9.59 Å². The van der Waals surface area contributed by atoms with Crippen molar-refractivity contribution in [3.8, 4) is 0 Å². The van der Waals surface area contributed by atoms with E-state index in [1.165, 1.54) is 0 Å². The Balaban J connectivity index is 2.48. The van der Waals surface area contributed by atoms with E-state index in [-0.39, 0.29) is 18.9 Å². The van der Waals surface area contributed by atoms with Gasteiger partial charge in [0.15, 0.2) is 0 Å². The van der Waals surface area contributed by atoms with Crippen molar-refractivity contribution in [2.24, 2.45) is 5.73 Å². The molecule has 0 radical (unpaired) electrons. The Labute approximate surface area is 99.6 Å². The van der Waals surface area contributed by atoms with Gasteiger partial charge in [0.2, 0.25) is 5.91 Å². The van der Waals surface area contributed by atoms with E-state index in [2.05, 4.69) is 15.6 Å². The van der Waals surface area contributed by atoms with Gasteiger partial charge in [0.05, 0.1) is 11.9 Å². The number of anilines is 1. The first-order valence-corrected chi connectivity index (χ1v) is 5.40. The minimum absolute atomic E-state index is 0.126. The Hall–Kier alpha value is -2.11. The molecule has 17 heavy (non-hydrogen) atoms. The molecule has 2 amide bonds. The van der Waals surface area contributed by atoms with Crippen LogP contribution in [0.5, 0.6) is 0 Å². The molecule has 0 atom stereocenters. The molecule has 1 aromatic rings. The molecule has 0 bridgehead atoms. The molecule has 0 aliphatic carbocycles. The predicted molar refractivity (Wildman–Crippen MR) is 64.5 cm³/mol. The van der Waals surface area contributed by atoms with Gasteiger partial charge in [-0.05, 0) is 19.1 Å². The zero-order valence-electron chi connectivity index (χ0n) is 9.69. The molecular formula is C11H16N4O2. The van der Waals surface area contributed by atoms with E-state index in [4.69, 9.17) is 5.73 Å². The quantitative estimate of drug-likeness (QED) is 0.653. The van der Waals surface area contributed by atoms with Gasteiger partial charge in [-0.1, -0.05) is 0 Å². The lowest BCUT2D eigenvalue weighted by atomic mass is 10.3. The standard InChI is InChI=1S/C11H16N4O2/c1-2-13-8-3-4-9(15-7-8)11(17)14-6-5-10(12)16/h3-4,7,13H,2,5-6H2,1H3,(H2,12,16)(H,14,17). The number of nitrogens with one attached hydrogen (secondary N) is 2. The lowest BCUT2D eigenvalue weighted by molar-refractivity contribution is -0.117. The van der Waals surface area contributed by atoms with Crippen molar-refractivity contribution >= 4 is 17.5 Å². The Morgan fingerprint density at radius 3 is 2.71 bits per heavy atom. The number of hydrogen-bond acceptors (Lipinski definition) is 4. The SMILES string of the molecule is CCNc1ccc(C(=O)NCCC(N)=O)nc1. The Bertz CT molecular complexity index is 389. The summed E-state index contributed by atoms with van der Waals surface area (Å²) in [5, 5.41) is 5.64. The van der Waals surface area contributed by atoms with Gasteiger partial charge in [-0.2, -0.15) is 0 Å². The van der Waals surface area contributed by atoms with Crippen molar-refractivity contribution in [2.75, 3.05) is 18.4 Å². The molecule has 0 fully saturated rings. The first-order valence-electron chi connectivity index (χ1n) is 5.40. The Morgan fingerprint density at radius 2 is 2.18 bits per heavy atom. The Morgan fingerprint density at radius 1 is 1.41 bits per heavy atom. The van der Waals surface area contributed by atoms with Crippen LogP contribution < -0.4 is 16.4 Å². The molecule has 0 unspecified atom stereocenters. The maximum atomic E-state index is 11.5. The number of nitrogens with two attached hydrogens (primary N) is 1. The van der Waals surface area contributed by atoms with Gasteiger partial charge in [0, 0.05) is 19.5 Å². The lowest BCUT2D eigenvalue weighted by Crippen LogP contribution is -2.28. The molecule has 0 aromatic carbocycles. The lowest BCUT2D eigenvalue weighted by Gasteiger charge is -2.05. The molecule has 6 nitrogen and oxygen atoms in total. The predicted octanol–water partition coefficient (Wildman–Crippen LogP) is 0.119.